The van der Waals surface area contributed by atoms with Crippen molar-refractivity contribution in [3.63, 3.8) is 0 Å². The number of pyridine rings is 1. The zero-order valence-electron chi connectivity index (χ0n) is 12.8. The molecule has 0 saturated heterocycles. The summed E-state index contributed by atoms with van der Waals surface area (Å²) in [5, 5.41) is 4.27. The van der Waals surface area contributed by atoms with Gasteiger partial charge in [0.2, 0.25) is 5.91 Å². The Bertz CT molecular complexity index is 700. The molecule has 3 heteroatoms. The van der Waals surface area contributed by atoms with Gasteiger partial charge >= 0.3 is 0 Å². The lowest BCUT2D eigenvalue weighted by Gasteiger charge is -2.24. The second-order valence-electron chi connectivity index (χ2n) is 6.71. The van der Waals surface area contributed by atoms with E-state index in [0.717, 1.165) is 35.1 Å². The predicted molar refractivity (Wildman–Crippen MR) is 88.9 cm³/mol. The fraction of sp³-hybridized carbons (Fsp3) is 0.474. The zero-order chi connectivity index (χ0) is 14.9. The molecule has 22 heavy (non-hydrogen) atoms. The molecule has 1 aromatic heterocycles. The van der Waals surface area contributed by atoms with Gasteiger partial charge in [0, 0.05) is 17.2 Å². The minimum atomic E-state index is 0.175. The van der Waals surface area contributed by atoms with Crippen molar-refractivity contribution in [2.24, 2.45) is 5.92 Å². The van der Waals surface area contributed by atoms with Crippen LogP contribution in [0.1, 0.15) is 56.6 Å². The first-order valence-electron chi connectivity index (χ1n) is 8.52. The molecule has 4 rings (SSSR count). The number of benzene rings is 1. The van der Waals surface area contributed by atoms with Crippen molar-refractivity contribution in [1.29, 1.82) is 0 Å². The molecule has 1 amide bonds. The van der Waals surface area contributed by atoms with E-state index in [1.54, 1.807) is 0 Å². The Hall–Kier alpha value is -1.90. The van der Waals surface area contributed by atoms with Crippen LogP contribution >= 0.6 is 0 Å². The number of hydrogen-bond donors (Lipinski definition) is 1. The number of fused-ring (bicyclic) bond motifs is 1. The van der Waals surface area contributed by atoms with Crippen molar-refractivity contribution in [1.82, 2.24) is 4.98 Å². The first-order valence-corrected chi connectivity index (χ1v) is 8.52. The molecule has 0 unspecified atom stereocenters. The number of hydrogen-bond acceptors (Lipinski definition) is 2. The van der Waals surface area contributed by atoms with Gasteiger partial charge in [-0.15, -0.1) is 0 Å². The number of aromatic nitrogens is 1. The highest BCUT2D eigenvalue weighted by Crippen LogP contribution is 2.38. The lowest BCUT2D eigenvalue weighted by molar-refractivity contribution is -0.117. The first-order chi connectivity index (χ1) is 10.8. The number of carbonyl (C=O) groups is 1. The Kier molecular flexibility index (Phi) is 3.57. The molecule has 2 aliphatic carbocycles. The summed E-state index contributed by atoms with van der Waals surface area (Å²) in [6, 6.07) is 10.3. The van der Waals surface area contributed by atoms with E-state index in [2.05, 4.69) is 23.5 Å². The normalized spacial score (nSPS) is 19.3. The largest absolute Gasteiger partial charge is 0.324 e. The van der Waals surface area contributed by atoms with E-state index in [4.69, 9.17) is 4.98 Å². The van der Waals surface area contributed by atoms with Gasteiger partial charge in [-0.1, -0.05) is 37.5 Å². The van der Waals surface area contributed by atoms with Gasteiger partial charge in [0.15, 0.2) is 0 Å². The molecule has 0 aliphatic heterocycles. The van der Waals surface area contributed by atoms with Crippen LogP contribution in [0.2, 0.25) is 0 Å². The highest BCUT2D eigenvalue weighted by Gasteiger charge is 2.31. The van der Waals surface area contributed by atoms with E-state index in [0.29, 0.717) is 5.92 Å². The third kappa shape index (κ3) is 2.72. The summed E-state index contributed by atoms with van der Waals surface area (Å²) in [4.78, 5) is 17.1. The molecule has 2 aromatic rings. The van der Waals surface area contributed by atoms with Crippen LogP contribution in [0.3, 0.4) is 0 Å². The maximum Gasteiger partial charge on any atom is 0.227 e. The van der Waals surface area contributed by atoms with Crippen LogP contribution in [0, 0.1) is 5.92 Å². The van der Waals surface area contributed by atoms with Gasteiger partial charge in [-0.2, -0.15) is 0 Å². The highest BCUT2D eigenvalue weighted by molar-refractivity contribution is 5.96. The second-order valence-corrected chi connectivity index (χ2v) is 6.71. The van der Waals surface area contributed by atoms with Crippen molar-refractivity contribution in [3.8, 4) is 0 Å². The highest BCUT2D eigenvalue weighted by atomic mass is 16.2. The SMILES string of the molecule is O=C(Nc1cc2ccccc2nc1C1CCCCC1)C1CC1. The average molecular weight is 294 g/mol. The van der Waals surface area contributed by atoms with Gasteiger partial charge in [-0.25, -0.2) is 0 Å². The van der Waals surface area contributed by atoms with Crippen LogP contribution in [0.5, 0.6) is 0 Å². The monoisotopic (exact) mass is 294 g/mol. The van der Waals surface area contributed by atoms with Crippen molar-refractivity contribution in [2.45, 2.75) is 50.9 Å². The lowest BCUT2D eigenvalue weighted by Crippen LogP contribution is -2.17. The number of anilines is 1. The molecule has 1 N–H and O–H groups in total. The summed E-state index contributed by atoms with van der Waals surface area (Å²) in [6.45, 7) is 0. The number of nitrogens with zero attached hydrogens (tertiary/aromatic N) is 1. The molecule has 1 aromatic carbocycles. The smallest absolute Gasteiger partial charge is 0.227 e. The van der Waals surface area contributed by atoms with Crippen LogP contribution in [0.15, 0.2) is 30.3 Å². The molecule has 0 spiro atoms. The van der Waals surface area contributed by atoms with E-state index >= 15 is 0 Å². The minimum absolute atomic E-state index is 0.175. The van der Waals surface area contributed by atoms with Crippen molar-refractivity contribution in [2.75, 3.05) is 5.32 Å². The van der Waals surface area contributed by atoms with Crippen molar-refractivity contribution >= 4 is 22.5 Å². The van der Waals surface area contributed by atoms with E-state index < -0.39 is 0 Å². The standard InChI is InChI=1S/C19H22N2O/c22-19(14-10-11-14)21-17-12-15-8-4-5-9-16(15)20-18(17)13-6-2-1-3-7-13/h4-5,8-9,12-14H,1-3,6-7,10-11H2,(H,21,22). The summed E-state index contributed by atoms with van der Waals surface area (Å²) in [5.41, 5.74) is 3.09. The molecule has 0 atom stereocenters. The fourth-order valence-corrected chi connectivity index (χ4v) is 3.50. The number of amides is 1. The molecule has 1 heterocycles. The first kappa shape index (κ1) is 13.7. The van der Waals surface area contributed by atoms with Gasteiger partial charge in [0.05, 0.1) is 16.9 Å². The average Bonchev–Trinajstić information content (AvgIpc) is 3.40. The van der Waals surface area contributed by atoms with Crippen LogP contribution in [0.4, 0.5) is 5.69 Å². The molecular formula is C19H22N2O. The fourth-order valence-electron chi connectivity index (χ4n) is 3.50. The Labute approximate surface area is 131 Å². The maximum atomic E-state index is 12.2. The number of carbonyl (C=O) groups excluding carboxylic acids is 1. The van der Waals surface area contributed by atoms with E-state index in [-0.39, 0.29) is 11.8 Å². The van der Waals surface area contributed by atoms with Crippen molar-refractivity contribution in [3.05, 3.63) is 36.0 Å². The molecule has 2 fully saturated rings. The third-order valence-corrected chi connectivity index (χ3v) is 4.95. The Morgan fingerprint density at radius 3 is 2.59 bits per heavy atom. The Morgan fingerprint density at radius 1 is 1.05 bits per heavy atom. The van der Waals surface area contributed by atoms with Gasteiger partial charge in [-0.05, 0) is 37.8 Å². The summed E-state index contributed by atoms with van der Waals surface area (Å²) in [6.07, 6.45) is 8.32. The summed E-state index contributed by atoms with van der Waals surface area (Å²) in [5.74, 6) is 0.896. The van der Waals surface area contributed by atoms with Gasteiger partial charge in [-0.3, -0.25) is 9.78 Å². The third-order valence-electron chi connectivity index (χ3n) is 4.95. The van der Waals surface area contributed by atoms with Crippen molar-refractivity contribution < 1.29 is 4.79 Å². The maximum absolute atomic E-state index is 12.2. The molecule has 114 valence electrons. The van der Waals surface area contributed by atoms with E-state index in [1.165, 1.54) is 32.1 Å². The number of rotatable bonds is 3. The summed E-state index contributed by atoms with van der Waals surface area (Å²) >= 11 is 0. The summed E-state index contributed by atoms with van der Waals surface area (Å²) in [7, 11) is 0. The van der Waals surface area contributed by atoms with Crippen LogP contribution < -0.4 is 5.32 Å². The molecule has 2 aliphatic rings. The molecule has 0 radical (unpaired) electrons. The molecule has 2 saturated carbocycles. The van der Waals surface area contributed by atoms with Gasteiger partial charge in [0.1, 0.15) is 0 Å². The van der Waals surface area contributed by atoms with Crippen LogP contribution in [-0.4, -0.2) is 10.9 Å². The summed E-state index contributed by atoms with van der Waals surface area (Å²) < 4.78 is 0. The van der Waals surface area contributed by atoms with E-state index in [1.807, 2.05) is 12.1 Å². The number of nitrogens with one attached hydrogen (secondary N) is 1. The minimum Gasteiger partial charge on any atom is -0.324 e. The zero-order valence-corrected chi connectivity index (χ0v) is 12.8. The Balaban J connectivity index is 1.74. The molecule has 0 bridgehead atoms. The molecule has 3 nitrogen and oxygen atoms in total. The Morgan fingerprint density at radius 2 is 1.82 bits per heavy atom. The topological polar surface area (TPSA) is 42.0 Å². The molecular weight excluding hydrogens is 272 g/mol. The number of para-hydroxylation sites is 1. The van der Waals surface area contributed by atoms with E-state index in [9.17, 15) is 4.79 Å². The van der Waals surface area contributed by atoms with Gasteiger partial charge < -0.3 is 5.32 Å². The quantitative estimate of drug-likeness (QED) is 0.896. The predicted octanol–water partition coefficient (Wildman–Crippen LogP) is 4.63. The van der Waals surface area contributed by atoms with Gasteiger partial charge in [0.25, 0.3) is 0 Å². The second kappa shape index (κ2) is 5.71. The van der Waals surface area contributed by atoms with Crippen LogP contribution in [0.25, 0.3) is 10.9 Å². The lowest BCUT2D eigenvalue weighted by atomic mass is 9.85. The van der Waals surface area contributed by atoms with Crippen LogP contribution in [-0.2, 0) is 4.79 Å².